The maximum atomic E-state index is 12.0. The quantitative estimate of drug-likeness (QED) is 0.452. The SMILES string of the molecule is CCOC(=O)Cc1ccc(OC)cc1OCc1nn(C2CC2)c2ccc(Br)cc12. The number of esters is 1. The second kappa shape index (κ2) is 8.45. The van der Waals surface area contributed by atoms with Gasteiger partial charge in [0.25, 0.3) is 0 Å². The Morgan fingerprint density at radius 3 is 2.79 bits per heavy atom. The van der Waals surface area contributed by atoms with Crippen molar-refractivity contribution < 1.29 is 19.0 Å². The third kappa shape index (κ3) is 4.40. The second-order valence-electron chi connectivity index (χ2n) is 7.03. The molecule has 0 amide bonds. The van der Waals surface area contributed by atoms with E-state index in [1.165, 1.54) is 0 Å². The van der Waals surface area contributed by atoms with Crippen LogP contribution >= 0.6 is 15.9 Å². The maximum Gasteiger partial charge on any atom is 0.310 e. The van der Waals surface area contributed by atoms with Crippen LogP contribution < -0.4 is 9.47 Å². The van der Waals surface area contributed by atoms with E-state index in [1.807, 2.05) is 18.2 Å². The Kier molecular flexibility index (Phi) is 5.76. The zero-order valence-electron chi connectivity index (χ0n) is 16.5. The van der Waals surface area contributed by atoms with Crippen LogP contribution in [0, 0.1) is 0 Å². The van der Waals surface area contributed by atoms with Crippen molar-refractivity contribution in [3.05, 3.63) is 52.1 Å². The van der Waals surface area contributed by atoms with Crippen LogP contribution in [0.4, 0.5) is 0 Å². The molecule has 1 saturated carbocycles. The molecule has 6 nitrogen and oxygen atoms in total. The average Bonchev–Trinajstić information content (AvgIpc) is 3.49. The summed E-state index contributed by atoms with van der Waals surface area (Å²) in [6.45, 7) is 2.45. The molecule has 0 aliphatic heterocycles. The van der Waals surface area contributed by atoms with Crippen LogP contribution in [-0.4, -0.2) is 29.5 Å². The molecular formula is C22H23BrN2O4. The summed E-state index contributed by atoms with van der Waals surface area (Å²) in [5, 5.41) is 5.89. The van der Waals surface area contributed by atoms with Crippen molar-refractivity contribution in [1.82, 2.24) is 9.78 Å². The Labute approximate surface area is 177 Å². The summed E-state index contributed by atoms with van der Waals surface area (Å²) in [5.41, 5.74) is 2.75. The van der Waals surface area contributed by atoms with E-state index in [1.54, 1.807) is 20.1 Å². The number of methoxy groups -OCH3 is 1. The number of carbonyl (C=O) groups excluding carboxylic acids is 1. The Balaban J connectivity index is 1.61. The lowest BCUT2D eigenvalue weighted by atomic mass is 10.1. The molecule has 2 aromatic carbocycles. The van der Waals surface area contributed by atoms with Crippen molar-refractivity contribution in [2.45, 2.75) is 38.8 Å². The highest BCUT2D eigenvalue weighted by atomic mass is 79.9. The van der Waals surface area contributed by atoms with Gasteiger partial charge < -0.3 is 14.2 Å². The number of hydrogen-bond donors (Lipinski definition) is 0. The van der Waals surface area contributed by atoms with Crippen molar-refractivity contribution in [1.29, 1.82) is 0 Å². The van der Waals surface area contributed by atoms with Gasteiger partial charge in [-0.1, -0.05) is 22.0 Å². The van der Waals surface area contributed by atoms with Gasteiger partial charge in [-0.05, 0) is 44.0 Å². The van der Waals surface area contributed by atoms with E-state index < -0.39 is 0 Å². The summed E-state index contributed by atoms with van der Waals surface area (Å²) in [6.07, 6.45) is 2.47. The molecule has 1 aromatic heterocycles. The van der Waals surface area contributed by atoms with Gasteiger partial charge >= 0.3 is 5.97 Å². The van der Waals surface area contributed by atoms with Crippen molar-refractivity contribution in [3.8, 4) is 11.5 Å². The largest absolute Gasteiger partial charge is 0.497 e. The predicted molar refractivity (Wildman–Crippen MR) is 113 cm³/mol. The third-order valence-corrected chi connectivity index (χ3v) is 5.41. The van der Waals surface area contributed by atoms with E-state index in [0.29, 0.717) is 30.8 Å². The minimum Gasteiger partial charge on any atom is -0.497 e. The highest BCUT2D eigenvalue weighted by Crippen LogP contribution is 2.38. The number of carbonyl (C=O) groups is 1. The van der Waals surface area contributed by atoms with Crippen LogP contribution in [0.2, 0.25) is 0 Å². The summed E-state index contributed by atoms with van der Waals surface area (Å²) >= 11 is 3.55. The Bertz CT molecular complexity index is 1040. The molecule has 4 rings (SSSR count). The van der Waals surface area contributed by atoms with E-state index in [-0.39, 0.29) is 12.4 Å². The molecule has 152 valence electrons. The molecule has 0 bridgehead atoms. The maximum absolute atomic E-state index is 12.0. The van der Waals surface area contributed by atoms with Crippen LogP contribution in [0.1, 0.15) is 37.1 Å². The monoisotopic (exact) mass is 458 g/mol. The molecule has 0 atom stereocenters. The van der Waals surface area contributed by atoms with Gasteiger partial charge in [0.05, 0.1) is 31.7 Å². The standard InChI is InChI=1S/C22H23BrN2O4/c1-3-28-22(26)10-14-4-8-17(27-2)12-21(14)29-13-19-18-11-15(23)5-9-20(18)25(24-19)16-6-7-16/h4-5,8-9,11-12,16H,3,6-7,10,13H2,1-2H3. The lowest BCUT2D eigenvalue weighted by Crippen LogP contribution is -2.09. The molecule has 29 heavy (non-hydrogen) atoms. The van der Waals surface area contributed by atoms with Gasteiger partial charge in [-0.25, -0.2) is 0 Å². The van der Waals surface area contributed by atoms with Gasteiger partial charge in [-0.3, -0.25) is 9.48 Å². The number of rotatable bonds is 8. The highest BCUT2D eigenvalue weighted by molar-refractivity contribution is 9.10. The first-order valence-corrected chi connectivity index (χ1v) is 10.5. The van der Waals surface area contributed by atoms with Crippen LogP contribution in [0.5, 0.6) is 11.5 Å². The molecule has 0 spiro atoms. The number of hydrogen-bond acceptors (Lipinski definition) is 5. The molecule has 0 unspecified atom stereocenters. The lowest BCUT2D eigenvalue weighted by Gasteiger charge is -2.12. The second-order valence-corrected chi connectivity index (χ2v) is 7.94. The summed E-state index contributed by atoms with van der Waals surface area (Å²) in [5.74, 6) is 0.986. The minimum atomic E-state index is -0.282. The normalized spacial score (nSPS) is 13.5. The zero-order valence-corrected chi connectivity index (χ0v) is 18.1. The Morgan fingerprint density at radius 2 is 2.07 bits per heavy atom. The van der Waals surface area contributed by atoms with Crippen LogP contribution in [0.15, 0.2) is 40.9 Å². The highest BCUT2D eigenvalue weighted by Gasteiger charge is 2.27. The Hall–Kier alpha value is -2.54. The number of nitrogens with zero attached hydrogens (tertiary/aromatic N) is 2. The van der Waals surface area contributed by atoms with Crippen molar-refractivity contribution >= 4 is 32.8 Å². The average molecular weight is 459 g/mol. The smallest absolute Gasteiger partial charge is 0.310 e. The summed E-state index contributed by atoms with van der Waals surface area (Å²) in [4.78, 5) is 12.0. The number of benzene rings is 2. The fourth-order valence-electron chi connectivity index (χ4n) is 3.34. The first-order valence-electron chi connectivity index (χ1n) is 9.71. The van der Waals surface area contributed by atoms with Gasteiger partial charge in [0.2, 0.25) is 0 Å². The minimum absolute atomic E-state index is 0.149. The van der Waals surface area contributed by atoms with Crippen LogP contribution in [0.3, 0.4) is 0 Å². The van der Waals surface area contributed by atoms with E-state index >= 15 is 0 Å². The number of fused-ring (bicyclic) bond motifs is 1. The molecule has 0 radical (unpaired) electrons. The fraction of sp³-hybridized carbons (Fsp3) is 0.364. The molecule has 3 aromatic rings. The first-order chi connectivity index (χ1) is 14.1. The fourth-order valence-corrected chi connectivity index (χ4v) is 3.70. The van der Waals surface area contributed by atoms with Crippen molar-refractivity contribution in [2.75, 3.05) is 13.7 Å². The molecule has 0 N–H and O–H groups in total. The van der Waals surface area contributed by atoms with E-state index in [4.69, 9.17) is 19.3 Å². The van der Waals surface area contributed by atoms with E-state index in [0.717, 1.165) is 39.5 Å². The summed E-state index contributed by atoms with van der Waals surface area (Å²) in [6, 6.07) is 12.1. The Morgan fingerprint density at radius 1 is 1.24 bits per heavy atom. The number of ether oxygens (including phenoxy) is 3. The predicted octanol–water partition coefficient (Wildman–Crippen LogP) is 4.83. The van der Waals surface area contributed by atoms with Gasteiger partial charge in [-0.2, -0.15) is 5.10 Å². The van der Waals surface area contributed by atoms with Gasteiger partial charge in [0.1, 0.15) is 23.8 Å². The molecule has 1 heterocycles. The molecule has 7 heteroatoms. The van der Waals surface area contributed by atoms with Crippen LogP contribution in [0.25, 0.3) is 10.9 Å². The topological polar surface area (TPSA) is 62.6 Å². The van der Waals surface area contributed by atoms with Gasteiger partial charge in [0, 0.05) is 21.5 Å². The van der Waals surface area contributed by atoms with Gasteiger partial charge in [0.15, 0.2) is 0 Å². The molecule has 1 aliphatic carbocycles. The van der Waals surface area contributed by atoms with Crippen molar-refractivity contribution in [3.63, 3.8) is 0 Å². The zero-order chi connectivity index (χ0) is 20.4. The third-order valence-electron chi connectivity index (χ3n) is 4.92. The van der Waals surface area contributed by atoms with Gasteiger partial charge in [-0.15, -0.1) is 0 Å². The molecule has 1 aliphatic rings. The molecular weight excluding hydrogens is 436 g/mol. The summed E-state index contributed by atoms with van der Waals surface area (Å²) < 4.78 is 19.6. The van der Waals surface area contributed by atoms with E-state index in [9.17, 15) is 4.79 Å². The number of halogens is 1. The van der Waals surface area contributed by atoms with Crippen molar-refractivity contribution in [2.24, 2.45) is 0 Å². The lowest BCUT2D eigenvalue weighted by molar-refractivity contribution is -0.142. The number of aromatic nitrogens is 2. The van der Waals surface area contributed by atoms with E-state index in [2.05, 4.69) is 32.7 Å². The summed E-state index contributed by atoms with van der Waals surface area (Å²) in [7, 11) is 1.60. The van der Waals surface area contributed by atoms with Crippen LogP contribution in [-0.2, 0) is 22.6 Å². The first kappa shape index (κ1) is 19.8. The molecule has 1 fully saturated rings. The molecule has 0 saturated heterocycles.